The Labute approximate surface area is 176 Å². The quantitative estimate of drug-likeness (QED) is 0.776. The second-order valence-electron chi connectivity index (χ2n) is 8.05. The SMILES string of the molecule is CCOC(=O)N1CCN(c2ccnc3c2C=C(c2cnn(C(C)(C)C#N)c2)C3)CC1. The number of carbonyl (C=O) groups excluding carboxylic acids is 1. The van der Waals surface area contributed by atoms with Crippen molar-refractivity contribution >= 4 is 23.4 Å². The summed E-state index contributed by atoms with van der Waals surface area (Å²) < 4.78 is 6.82. The minimum atomic E-state index is -0.688. The lowest BCUT2D eigenvalue weighted by molar-refractivity contribution is 0.105. The summed E-state index contributed by atoms with van der Waals surface area (Å²) in [6.45, 7) is 8.70. The van der Waals surface area contributed by atoms with Crippen molar-refractivity contribution in [1.29, 1.82) is 5.26 Å². The van der Waals surface area contributed by atoms with Crippen LogP contribution in [0.3, 0.4) is 0 Å². The summed E-state index contributed by atoms with van der Waals surface area (Å²) in [6, 6.07) is 4.32. The summed E-state index contributed by atoms with van der Waals surface area (Å²) >= 11 is 0. The maximum Gasteiger partial charge on any atom is 0.409 e. The summed E-state index contributed by atoms with van der Waals surface area (Å²) in [5.41, 5.74) is 4.78. The van der Waals surface area contributed by atoms with Gasteiger partial charge in [0, 0.05) is 61.8 Å². The molecule has 3 heterocycles. The number of fused-ring (bicyclic) bond motifs is 1. The van der Waals surface area contributed by atoms with Gasteiger partial charge < -0.3 is 14.5 Å². The number of rotatable bonds is 4. The van der Waals surface area contributed by atoms with Gasteiger partial charge in [-0.1, -0.05) is 0 Å². The van der Waals surface area contributed by atoms with E-state index in [1.54, 1.807) is 9.58 Å². The van der Waals surface area contributed by atoms with Gasteiger partial charge in [0.25, 0.3) is 0 Å². The monoisotopic (exact) mass is 406 g/mol. The topological polar surface area (TPSA) is 87.3 Å². The molecule has 0 aromatic carbocycles. The van der Waals surface area contributed by atoms with E-state index >= 15 is 0 Å². The minimum absolute atomic E-state index is 0.239. The number of amides is 1. The van der Waals surface area contributed by atoms with E-state index in [2.05, 4.69) is 27.1 Å². The van der Waals surface area contributed by atoms with Crippen LogP contribution in [-0.2, 0) is 16.7 Å². The van der Waals surface area contributed by atoms with E-state index in [9.17, 15) is 10.1 Å². The molecule has 4 rings (SSSR count). The average Bonchev–Trinajstić information content (AvgIpc) is 3.41. The van der Waals surface area contributed by atoms with E-state index in [0.29, 0.717) is 19.7 Å². The number of hydrogen-bond donors (Lipinski definition) is 0. The van der Waals surface area contributed by atoms with Gasteiger partial charge >= 0.3 is 6.09 Å². The Hall–Kier alpha value is -3.34. The number of aromatic nitrogens is 3. The second kappa shape index (κ2) is 7.82. The van der Waals surface area contributed by atoms with E-state index in [0.717, 1.165) is 47.6 Å². The van der Waals surface area contributed by atoms with Crippen LogP contribution in [0.15, 0.2) is 24.7 Å². The zero-order chi connectivity index (χ0) is 21.3. The Morgan fingerprint density at radius 2 is 2.07 bits per heavy atom. The summed E-state index contributed by atoms with van der Waals surface area (Å²) in [5, 5.41) is 13.7. The normalized spacial score (nSPS) is 16.1. The highest BCUT2D eigenvalue weighted by molar-refractivity contribution is 5.91. The van der Waals surface area contributed by atoms with E-state index < -0.39 is 5.54 Å². The van der Waals surface area contributed by atoms with E-state index in [-0.39, 0.29) is 6.09 Å². The third-order valence-electron chi connectivity index (χ3n) is 5.67. The van der Waals surface area contributed by atoms with Crippen LogP contribution in [0.5, 0.6) is 0 Å². The number of anilines is 1. The van der Waals surface area contributed by atoms with Gasteiger partial charge in [-0.25, -0.2) is 4.79 Å². The molecule has 2 aliphatic rings. The van der Waals surface area contributed by atoms with Gasteiger partial charge in [0.15, 0.2) is 0 Å². The number of piperazine rings is 1. The molecule has 2 aromatic rings. The van der Waals surface area contributed by atoms with Crippen molar-refractivity contribution in [1.82, 2.24) is 19.7 Å². The van der Waals surface area contributed by atoms with Crippen molar-refractivity contribution in [3.05, 3.63) is 41.5 Å². The first-order valence-electron chi connectivity index (χ1n) is 10.2. The Kier molecular flexibility index (Phi) is 5.20. The van der Waals surface area contributed by atoms with Gasteiger partial charge in [-0.2, -0.15) is 10.4 Å². The van der Waals surface area contributed by atoms with E-state index in [1.165, 1.54) is 0 Å². The van der Waals surface area contributed by atoms with Crippen molar-refractivity contribution < 1.29 is 9.53 Å². The first kappa shape index (κ1) is 20.0. The molecule has 2 aromatic heterocycles. The van der Waals surface area contributed by atoms with Crippen molar-refractivity contribution in [2.24, 2.45) is 0 Å². The van der Waals surface area contributed by atoms with Crippen molar-refractivity contribution in [2.45, 2.75) is 32.7 Å². The van der Waals surface area contributed by atoms with Gasteiger partial charge in [-0.05, 0) is 38.5 Å². The lowest BCUT2D eigenvalue weighted by Gasteiger charge is -2.36. The van der Waals surface area contributed by atoms with Crippen LogP contribution in [0.25, 0.3) is 11.6 Å². The smallest absolute Gasteiger partial charge is 0.409 e. The van der Waals surface area contributed by atoms with Gasteiger partial charge in [-0.15, -0.1) is 0 Å². The first-order valence-corrected chi connectivity index (χ1v) is 10.2. The Morgan fingerprint density at radius 3 is 2.77 bits per heavy atom. The van der Waals surface area contributed by atoms with Crippen LogP contribution >= 0.6 is 0 Å². The molecule has 8 heteroatoms. The summed E-state index contributed by atoms with van der Waals surface area (Å²) in [7, 11) is 0. The molecule has 30 heavy (non-hydrogen) atoms. The standard InChI is InChI=1S/C22H26N6O2/c1-4-30-21(29)27-9-7-26(8-10-27)20-5-6-24-19-12-16(11-18(19)20)17-13-25-28(14-17)22(2,3)15-23/h5-6,11,13-14H,4,7-10,12H2,1-3H3. The van der Waals surface area contributed by atoms with Crippen molar-refractivity contribution in [2.75, 3.05) is 37.7 Å². The zero-order valence-corrected chi connectivity index (χ0v) is 17.6. The highest BCUT2D eigenvalue weighted by Gasteiger charge is 2.27. The molecule has 0 saturated carbocycles. The summed E-state index contributed by atoms with van der Waals surface area (Å²) in [5.74, 6) is 0. The predicted octanol–water partition coefficient (Wildman–Crippen LogP) is 2.91. The van der Waals surface area contributed by atoms with E-state index in [4.69, 9.17) is 4.74 Å². The summed E-state index contributed by atoms with van der Waals surface area (Å²) in [4.78, 5) is 20.6. The maximum atomic E-state index is 12.0. The number of nitriles is 1. The molecular weight excluding hydrogens is 380 g/mol. The van der Waals surface area contributed by atoms with Crippen molar-refractivity contribution in [3.8, 4) is 6.07 Å². The molecule has 0 atom stereocenters. The fraction of sp³-hybridized carbons (Fsp3) is 0.455. The third-order valence-corrected chi connectivity index (χ3v) is 5.67. The van der Waals surface area contributed by atoms with Crippen LogP contribution in [0.1, 0.15) is 37.6 Å². The number of ether oxygens (including phenoxy) is 1. The molecule has 8 nitrogen and oxygen atoms in total. The molecule has 1 fully saturated rings. The fourth-order valence-electron chi connectivity index (χ4n) is 3.86. The molecule has 0 spiro atoms. The molecule has 1 aliphatic heterocycles. The van der Waals surface area contributed by atoms with Gasteiger partial charge in [0.1, 0.15) is 5.54 Å². The molecule has 1 amide bonds. The first-order chi connectivity index (χ1) is 14.4. The van der Waals surface area contributed by atoms with E-state index in [1.807, 2.05) is 45.4 Å². The van der Waals surface area contributed by atoms with Crippen molar-refractivity contribution in [3.63, 3.8) is 0 Å². The third kappa shape index (κ3) is 3.63. The highest BCUT2D eigenvalue weighted by Crippen LogP contribution is 2.36. The Bertz CT molecular complexity index is 1020. The molecule has 0 unspecified atom stereocenters. The lowest BCUT2D eigenvalue weighted by Crippen LogP contribution is -2.49. The fourth-order valence-corrected chi connectivity index (χ4v) is 3.86. The minimum Gasteiger partial charge on any atom is -0.450 e. The molecule has 156 valence electrons. The number of hydrogen-bond acceptors (Lipinski definition) is 6. The molecule has 1 aliphatic carbocycles. The number of allylic oxidation sites excluding steroid dienone is 1. The van der Waals surface area contributed by atoms with Gasteiger partial charge in [-0.3, -0.25) is 9.67 Å². The van der Waals surface area contributed by atoms with Crippen LogP contribution < -0.4 is 4.90 Å². The molecular formula is C22H26N6O2. The van der Waals surface area contributed by atoms with Crippen LogP contribution in [0, 0.1) is 11.3 Å². The lowest BCUT2D eigenvalue weighted by atomic mass is 10.1. The Morgan fingerprint density at radius 1 is 1.30 bits per heavy atom. The number of nitrogens with zero attached hydrogens (tertiary/aromatic N) is 6. The second-order valence-corrected chi connectivity index (χ2v) is 8.05. The highest BCUT2D eigenvalue weighted by atomic mass is 16.6. The maximum absolute atomic E-state index is 12.0. The molecule has 0 bridgehead atoms. The average molecular weight is 406 g/mol. The zero-order valence-electron chi connectivity index (χ0n) is 17.6. The number of pyridine rings is 1. The van der Waals surface area contributed by atoms with Crippen LogP contribution in [-0.4, -0.2) is 58.5 Å². The molecule has 0 radical (unpaired) electrons. The summed E-state index contributed by atoms with van der Waals surface area (Å²) in [6.07, 6.45) is 8.27. The predicted molar refractivity (Wildman–Crippen MR) is 114 cm³/mol. The number of carbonyl (C=O) groups is 1. The van der Waals surface area contributed by atoms with Crippen LogP contribution in [0.2, 0.25) is 0 Å². The molecule has 0 N–H and O–H groups in total. The largest absolute Gasteiger partial charge is 0.450 e. The van der Waals surface area contributed by atoms with Gasteiger partial charge in [0.2, 0.25) is 0 Å². The van der Waals surface area contributed by atoms with Gasteiger partial charge in [0.05, 0.1) is 24.6 Å². The molecule has 1 saturated heterocycles. The Balaban J connectivity index is 1.53. The van der Waals surface area contributed by atoms with Crippen LogP contribution in [0.4, 0.5) is 10.5 Å².